The molecule has 8 heteroatoms. The Hall–Kier alpha value is -2.38. The Balaban J connectivity index is 2.61. The fourth-order valence-corrected chi connectivity index (χ4v) is 1.26. The first kappa shape index (κ1) is 14.7. The quantitative estimate of drug-likeness (QED) is 0.563. The number of methoxy groups -OCH3 is 2. The zero-order chi connectivity index (χ0) is 14.3. The second kappa shape index (κ2) is 7.14. The van der Waals surface area contributed by atoms with Crippen LogP contribution in [0.15, 0.2) is 18.7 Å². The first-order valence-electron chi connectivity index (χ1n) is 5.42. The lowest BCUT2D eigenvalue weighted by atomic mass is 10.2. The van der Waals surface area contributed by atoms with E-state index in [1.54, 1.807) is 0 Å². The van der Waals surface area contributed by atoms with Gasteiger partial charge in [0.15, 0.2) is 0 Å². The Morgan fingerprint density at radius 3 is 2.53 bits per heavy atom. The number of esters is 2. The molecule has 0 aliphatic carbocycles. The monoisotopic (exact) mass is 270 g/mol. The van der Waals surface area contributed by atoms with Gasteiger partial charge in [0.2, 0.25) is 6.10 Å². The van der Waals surface area contributed by atoms with Crippen LogP contribution >= 0.6 is 0 Å². The number of imidazole rings is 1. The summed E-state index contributed by atoms with van der Waals surface area (Å²) in [6.45, 7) is 0. The molecule has 1 unspecified atom stereocenters. The summed E-state index contributed by atoms with van der Waals surface area (Å²) in [4.78, 5) is 37.8. The number of carbonyl (C=O) groups excluding carboxylic acids is 3. The highest BCUT2D eigenvalue weighted by atomic mass is 16.6. The Labute approximate surface area is 109 Å². The van der Waals surface area contributed by atoms with Crippen molar-refractivity contribution in [2.75, 3.05) is 14.2 Å². The van der Waals surface area contributed by atoms with Crippen molar-refractivity contribution in [2.24, 2.45) is 0 Å². The van der Waals surface area contributed by atoms with Crippen LogP contribution in [0.1, 0.15) is 12.8 Å². The van der Waals surface area contributed by atoms with Crippen molar-refractivity contribution in [3.63, 3.8) is 0 Å². The van der Waals surface area contributed by atoms with Gasteiger partial charge in [0.25, 0.3) is 0 Å². The summed E-state index contributed by atoms with van der Waals surface area (Å²) in [5.41, 5.74) is 0. The van der Waals surface area contributed by atoms with Crippen molar-refractivity contribution >= 4 is 18.0 Å². The van der Waals surface area contributed by atoms with Gasteiger partial charge in [-0.15, -0.1) is 0 Å². The molecule has 0 N–H and O–H groups in total. The number of hydrogen-bond donors (Lipinski definition) is 0. The molecule has 104 valence electrons. The summed E-state index contributed by atoms with van der Waals surface area (Å²) in [5, 5.41) is 0. The zero-order valence-electron chi connectivity index (χ0n) is 10.6. The van der Waals surface area contributed by atoms with Gasteiger partial charge in [0, 0.05) is 25.2 Å². The molecule has 1 atom stereocenters. The average Bonchev–Trinajstić information content (AvgIpc) is 2.95. The van der Waals surface area contributed by atoms with E-state index in [0.717, 1.165) is 4.57 Å². The van der Waals surface area contributed by atoms with E-state index in [1.165, 1.54) is 32.9 Å². The molecule has 8 nitrogen and oxygen atoms in total. The summed E-state index contributed by atoms with van der Waals surface area (Å²) in [5.74, 6) is -1.25. The van der Waals surface area contributed by atoms with Gasteiger partial charge in [-0.25, -0.2) is 19.1 Å². The third-order valence-electron chi connectivity index (χ3n) is 2.26. The molecule has 0 spiro atoms. The normalized spacial score (nSPS) is 11.5. The van der Waals surface area contributed by atoms with Gasteiger partial charge in [-0.3, -0.25) is 4.79 Å². The summed E-state index contributed by atoms with van der Waals surface area (Å²) >= 11 is 0. The highest BCUT2D eigenvalue weighted by molar-refractivity contribution is 5.80. The third-order valence-corrected chi connectivity index (χ3v) is 2.26. The molecule has 0 aromatic carbocycles. The second-order valence-corrected chi connectivity index (χ2v) is 3.48. The van der Waals surface area contributed by atoms with Gasteiger partial charge >= 0.3 is 18.0 Å². The van der Waals surface area contributed by atoms with Gasteiger partial charge in [0.05, 0.1) is 14.2 Å². The first-order valence-corrected chi connectivity index (χ1v) is 5.42. The standard InChI is InChI=1S/C11H14N2O6/c1-17-9(14)4-3-8(10(15)18-2)19-11(16)13-6-5-12-7-13/h5-8H,3-4H2,1-2H3. The van der Waals surface area contributed by atoms with Crippen LogP contribution in [0.5, 0.6) is 0 Å². The fraction of sp³-hybridized carbons (Fsp3) is 0.455. The van der Waals surface area contributed by atoms with E-state index in [-0.39, 0.29) is 12.8 Å². The van der Waals surface area contributed by atoms with Gasteiger partial charge in [-0.05, 0) is 0 Å². The Morgan fingerprint density at radius 2 is 2.00 bits per heavy atom. The molecular formula is C11H14N2O6. The smallest absolute Gasteiger partial charge is 0.420 e. The lowest BCUT2D eigenvalue weighted by Crippen LogP contribution is -2.30. The molecular weight excluding hydrogens is 256 g/mol. The number of hydrogen-bond acceptors (Lipinski definition) is 7. The number of aromatic nitrogens is 2. The maximum absolute atomic E-state index is 11.6. The molecule has 1 aromatic rings. The van der Waals surface area contributed by atoms with Crippen LogP contribution in [0.2, 0.25) is 0 Å². The van der Waals surface area contributed by atoms with Crippen LogP contribution < -0.4 is 0 Å². The maximum atomic E-state index is 11.6. The minimum atomic E-state index is -1.17. The van der Waals surface area contributed by atoms with Crippen molar-refractivity contribution < 1.29 is 28.6 Å². The summed E-state index contributed by atoms with van der Waals surface area (Å²) < 4.78 is 15.0. The molecule has 0 aliphatic rings. The SMILES string of the molecule is COC(=O)CCC(OC(=O)n1ccnc1)C(=O)OC. The van der Waals surface area contributed by atoms with E-state index < -0.39 is 24.1 Å². The van der Waals surface area contributed by atoms with Crippen molar-refractivity contribution in [3.05, 3.63) is 18.7 Å². The predicted molar refractivity (Wildman–Crippen MR) is 61.2 cm³/mol. The number of rotatable bonds is 5. The largest absolute Gasteiger partial charge is 0.469 e. The average molecular weight is 270 g/mol. The zero-order valence-corrected chi connectivity index (χ0v) is 10.6. The lowest BCUT2D eigenvalue weighted by molar-refractivity contribution is -0.151. The topological polar surface area (TPSA) is 96.7 Å². The fourth-order valence-electron chi connectivity index (χ4n) is 1.26. The molecule has 0 aliphatic heterocycles. The number of nitrogens with zero attached hydrogens (tertiary/aromatic N) is 2. The van der Waals surface area contributed by atoms with E-state index in [2.05, 4.69) is 14.5 Å². The molecule has 1 heterocycles. The third kappa shape index (κ3) is 4.41. The minimum absolute atomic E-state index is 0.0141. The van der Waals surface area contributed by atoms with Crippen molar-refractivity contribution in [3.8, 4) is 0 Å². The van der Waals surface area contributed by atoms with Crippen LogP contribution in [-0.2, 0) is 23.8 Å². The summed E-state index contributed by atoms with van der Waals surface area (Å²) in [6, 6.07) is 0. The van der Waals surface area contributed by atoms with E-state index in [4.69, 9.17) is 4.74 Å². The van der Waals surface area contributed by atoms with Crippen LogP contribution in [0.3, 0.4) is 0 Å². The van der Waals surface area contributed by atoms with Crippen LogP contribution in [-0.4, -0.2) is 47.9 Å². The first-order chi connectivity index (χ1) is 9.08. The number of carbonyl (C=O) groups is 3. The molecule has 19 heavy (non-hydrogen) atoms. The summed E-state index contributed by atoms with van der Waals surface area (Å²) in [7, 11) is 2.39. The molecule has 0 radical (unpaired) electrons. The molecule has 0 amide bonds. The van der Waals surface area contributed by atoms with E-state index in [1.807, 2.05) is 0 Å². The summed E-state index contributed by atoms with van der Waals surface area (Å²) in [6.07, 6.45) is 1.97. The van der Waals surface area contributed by atoms with Crippen molar-refractivity contribution in [2.45, 2.75) is 18.9 Å². The van der Waals surface area contributed by atoms with Gasteiger partial charge < -0.3 is 14.2 Å². The minimum Gasteiger partial charge on any atom is -0.469 e. The van der Waals surface area contributed by atoms with Crippen molar-refractivity contribution in [1.82, 2.24) is 9.55 Å². The second-order valence-electron chi connectivity index (χ2n) is 3.48. The van der Waals surface area contributed by atoms with E-state index >= 15 is 0 Å². The van der Waals surface area contributed by atoms with Crippen LogP contribution in [0.4, 0.5) is 4.79 Å². The Bertz CT molecular complexity index is 442. The highest BCUT2D eigenvalue weighted by Crippen LogP contribution is 2.07. The molecule has 1 rings (SSSR count). The van der Waals surface area contributed by atoms with E-state index in [9.17, 15) is 14.4 Å². The Morgan fingerprint density at radius 1 is 1.26 bits per heavy atom. The van der Waals surface area contributed by atoms with Gasteiger partial charge in [0.1, 0.15) is 6.33 Å². The van der Waals surface area contributed by atoms with Crippen molar-refractivity contribution in [1.29, 1.82) is 0 Å². The molecule has 0 fully saturated rings. The number of ether oxygens (including phenoxy) is 3. The molecule has 0 saturated heterocycles. The maximum Gasteiger partial charge on any atom is 0.420 e. The van der Waals surface area contributed by atoms with Gasteiger partial charge in [-0.1, -0.05) is 0 Å². The van der Waals surface area contributed by atoms with Crippen LogP contribution in [0, 0.1) is 0 Å². The molecule has 1 aromatic heterocycles. The molecule has 0 saturated carbocycles. The van der Waals surface area contributed by atoms with Crippen LogP contribution in [0.25, 0.3) is 0 Å². The highest BCUT2D eigenvalue weighted by Gasteiger charge is 2.25. The predicted octanol–water partition coefficient (Wildman–Crippen LogP) is 0.363. The molecule has 0 bridgehead atoms. The van der Waals surface area contributed by atoms with Gasteiger partial charge in [-0.2, -0.15) is 0 Å². The van der Waals surface area contributed by atoms with E-state index in [0.29, 0.717) is 0 Å². The Kier molecular flexibility index (Phi) is 5.52. The lowest BCUT2D eigenvalue weighted by Gasteiger charge is -2.14.